The lowest BCUT2D eigenvalue weighted by molar-refractivity contribution is 0.0915. The predicted octanol–water partition coefficient (Wildman–Crippen LogP) is 4.19. The SMILES string of the molecule is COc1ccc(-c2nn(CN3CCN(CCOc4ccc(Cl)cc4)CC3)c(=S)o2)cc1. The minimum Gasteiger partial charge on any atom is -0.497 e. The van der Waals surface area contributed by atoms with Gasteiger partial charge in [-0.1, -0.05) is 11.6 Å². The molecule has 164 valence electrons. The Morgan fingerprint density at radius 2 is 1.61 bits per heavy atom. The van der Waals surface area contributed by atoms with Crippen LogP contribution in [0.5, 0.6) is 11.5 Å². The Hall–Kier alpha value is -2.39. The molecule has 1 aliphatic rings. The topological polar surface area (TPSA) is 55.9 Å². The van der Waals surface area contributed by atoms with Crippen LogP contribution in [-0.2, 0) is 6.67 Å². The van der Waals surface area contributed by atoms with Crippen molar-refractivity contribution in [3.8, 4) is 23.0 Å². The van der Waals surface area contributed by atoms with Crippen LogP contribution in [0.4, 0.5) is 0 Å². The molecule has 1 aliphatic heterocycles. The second kappa shape index (κ2) is 10.3. The molecule has 9 heteroatoms. The van der Waals surface area contributed by atoms with Crippen molar-refractivity contribution in [1.29, 1.82) is 0 Å². The van der Waals surface area contributed by atoms with E-state index in [1.165, 1.54) is 0 Å². The van der Waals surface area contributed by atoms with Gasteiger partial charge in [0.2, 0.25) is 5.89 Å². The molecule has 0 unspecified atom stereocenters. The molecule has 0 saturated carbocycles. The molecule has 2 heterocycles. The van der Waals surface area contributed by atoms with Crippen LogP contribution in [0.3, 0.4) is 0 Å². The molecule has 2 aromatic carbocycles. The van der Waals surface area contributed by atoms with Gasteiger partial charge in [0.05, 0.1) is 13.8 Å². The summed E-state index contributed by atoms with van der Waals surface area (Å²) < 4.78 is 18.4. The lowest BCUT2D eigenvalue weighted by Gasteiger charge is -2.34. The molecule has 0 atom stereocenters. The van der Waals surface area contributed by atoms with Gasteiger partial charge in [-0.15, -0.1) is 5.10 Å². The van der Waals surface area contributed by atoms with Crippen LogP contribution in [0.2, 0.25) is 5.02 Å². The summed E-state index contributed by atoms with van der Waals surface area (Å²) in [6, 6.07) is 15.0. The molecule has 1 fully saturated rings. The van der Waals surface area contributed by atoms with Gasteiger partial charge >= 0.3 is 0 Å². The lowest BCUT2D eigenvalue weighted by atomic mass is 10.2. The fraction of sp³-hybridized carbons (Fsp3) is 0.364. The van der Waals surface area contributed by atoms with Crippen molar-refractivity contribution in [1.82, 2.24) is 19.6 Å². The van der Waals surface area contributed by atoms with E-state index < -0.39 is 0 Å². The molecule has 7 nitrogen and oxygen atoms in total. The van der Waals surface area contributed by atoms with Crippen LogP contribution >= 0.6 is 23.8 Å². The van der Waals surface area contributed by atoms with Gasteiger partial charge in [0.25, 0.3) is 4.84 Å². The third kappa shape index (κ3) is 5.86. The number of ether oxygens (including phenoxy) is 2. The van der Waals surface area contributed by atoms with Crippen LogP contribution in [-0.4, -0.2) is 66.0 Å². The highest BCUT2D eigenvalue weighted by Gasteiger charge is 2.18. The van der Waals surface area contributed by atoms with Crippen molar-refractivity contribution in [3.05, 3.63) is 58.4 Å². The van der Waals surface area contributed by atoms with Gasteiger partial charge in [0, 0.05) is 43.3 Å². The van der Waals surface area contributed by atoms with Crippen LogP contribution in [0, 0.1) is 4.84 Å². The van der Waals surface area contributed by atoms with Gasteiger partial charge in [-0.25, -0.2) is 4.68 Å². The predicted molar refractivity (Wildman–Crippen MR) is 122 cm³/mol. The van der Waals surface area contributed by atoms with Gasteiger partial charge < -0.3 is 13.9 Å². The molecule has 0 bridgehead atoms. The van der Waals surface area contributed by atoms with Gasteiger partial charge in [-0.3, -0.25) is 9.80 Å². The molecule has 0 aliphatic carbocycles. The number of methoxy groups -OCH3 is 1. The van der Waals surface area contributed by atoms with E-state index in [0.717, 1.165) is 49.8 Å². The number of halogens is 1. The van der Waals surface area contributed by atoms with E-state index in [4.69, 9.17) is 37.7 Å². The fourth-order valence-corrected chi connectivity index (χ4v) is 3.72. The molecule has 0 spiro atoms. The monoisotopic (exact) mass is 460 g/mol. The van der Waals surface area contributed by atoms with Crippen LogP contribution in [0.15, 0.2) is 52.9 Å². The Balaban J connectivity index is 1.24. The number of hydrogen-bond acceptors (Lipinski definition) is 7. The standard InChI is InChI=1S/C22H25ClN4O3S/c1-28-19-6-2-17(3-7-19)21-24-27(22(31)30-21)16-26-12-10-25(11-13-26)14-15-29-20-8-4-18(23)5-9-20/h2-9H,10-16H2,1H3. The van der Waals surface area contributed by atoms with Crippen molar-refractivity contribution in [2.24, 2.45) is 0 Å². The highest BCUT2D eigenvalue weighted by atomic mass is 35.5. The van der Waals surface area contributed by atoms with Crippen molar-refractivity contribution in [2.75, 3.05) is 46.4 Å². The minimum atomic E-state index is 0.379. The van der Waals surface area contributed by atoms with Gasteiger partial charge in [-0.05, 0) is 60.7 Å². The summed E-state index contributed by atoms with van der Waals surface area (Å²) in [4.78, 5) is 5.11. The first-order chi connectivity index (χ1) is 15.1. The number of nitrogens with zero attached hydrogens (tertiary/aromatic N) is 4. The normalized spacial score (nSPS) is 15.2. The number of aromatic nitrogens is 2. The van der Waals surface area contributed by atoms with E-state index in [2.05, 4.69) is 14.9 Å². The summed E-state index contributed by atoms with van der Waals surface area (Å²) in [7, 11) is 1.64. The number of hydrogen-bond donors (Lipinski definition) is 0. The van der Waals surface area contributed by atoms with E-state index in [-0.39, 0.29) is 0 Å². The highest BCUT2D eigenvalue weighted by Crippen LogP contribution is 2.21. The smallest absolute Gasteiger partial charge is 0.288 e. The summed E-state index contributed by atoms with van der Waals surface area (Å²) in [5.41, 5.74) is 0.871. The van der Waals surface area contributed by atoms with Crippen LogP contribution < -0.4 is 9.47 Å². The maximum Gasteiger partial charge on any atom is 0.288 e. The molecule has 0 radical (unpaired) electrons. The third-order valence-electron chi connectivity index (χ3n) is 5.23. The van der Waals surface area contributed by atoms with Gasteiger partial charge in [0.1, 0.15) is 18.1 Å². The Labute approximate surface area is 191 Å². The zero-order chi connectivity index (χ0) is 21.6. The van der Waals surface area contributed by atoms with E-state index in [1.54, 1.807) is 11.8 Å². The van der Waals surface area contributed by atoms with E-state index in [1.807, 2.05) is 48.5 Å². The molecular weight excluding hydrogens is 436 g/mol. The van der Waals surface area contributed by atoms with E-state index >= 15 is 0 Å². The fourth-order valence-electron chi connectivity index (χ4n) is 3.41. The largest absolute Gasteiger partial charge is 0.497 e. The second-order valence-corrected chi connectivity index (χ2v) is 8.09. The van der Waals surface area contributed by atoms with E-state index in [0.29, 0.717) is 29.0 Å². The second-order valence-electron chi connectivity index (χ2n) is 7.30. The van der Waals surface area contributed by atoms with Crippen molar-refractivity contribution >= 4 is 23.8 Å². The van der Waals surface area contributed by atoms with Crippen molar-refractivity contribution in [2.45, 2.75) is 6.67 Å². The Bertz CT molecular complexity index is 1030. The highest BCUT2D eigenvalue weighted by molar-refractivity contribution is 7.71. The summed E-state index contributed by atoms with van der Waals surface area (Å²) >= 11 is 11.3. The first-order valence-electron chi connectivity index (χ1n) is 10.2. The molecule has 3 aromatic rings. The van der Waals surface area contributed by atoms with Crippen molar-refractivity contribution < 1.29 is 13.9 Å². The quantitative estimate of drug-likeness (QED) is 0.467. The maximum absolute atomic E-state index is 5.90. The summed E-state index contributed by atoms with van der Waals surface area (Å²) in [6.07, 6.45) is 0. The minimum absolute atomic E-state index is 0.379. The molecule has 1 saturated heterocycles. The van der Waals surface area contributed by atoms with E-state index in [9.17, 15) is 0 Å². The molecule has 4 rings (SSSR count). The van der Waals surface area contributed by atoms with Crippen molar-refractivity contribution in [3.63, 3.8) is 0 Å². The molecule has 0 amide bonds. The van der Waals surface area contributed by atoms with Crippen LogP contribution in [0.25, 0.3) is 11.5 Å². The maximum atomic E-state index is 5.90. The molecule has 1 aromatic heterocycles. The Morgan fingerprint density at radius 3 is 2.29 bits per heavy atom. The zero-order valence-corrected chi connectivity index (χ0v) is 18.9. The molecular formula is C22H25ClN4O3S. The zero-order valence-electron chi connectivity index (χ0n) is 17.4. The Kier molecular flexibility index (Phi) is 7.24. The first-order valence-corrected chi connectivity index (χ1v) is 10.9. The average Bonchev–Trinajstić information content (AvgIpc) is 3.16. The summed E-state index contributed by atoms with van der Waals surface area (Å²) in [5, 5.41) is 5.27. The summed E-state index contributed by atoms with van der Waals surface area (Å²) in [6.45, 7) is 5.98. The summed E-state index contributed by atoms with van der Waals surface area (Å²) in [5.74, 6) is 2.15. The van der Waals surface area contributed by atoms with Gasteiger partial charge in [0.15, 0.2) is 0 Å². The third-order valence-corrected chi connectivity index (χ3v) is 5.78. The number of rotatable bonds is 8. The lowest BCUT2D eigenvalue weighted by Crippen LogP contribution is -2.47. The Morgan fingerprint density at radius 1 is 0.968 bits per heavy atom. The molecule has 0 N–H and O–H groups in total. The average molecular weight is 461 g/mol. The van der Waals surface area contributed by atoms with Crippen LogP contribution in [0.1, 0.15) is 0 Å². The number of benzene rings is 2. The molecule has 31 heavy (non-hydrogen) atoms. The van der Waals surface area contributed by atoms with Gasteiger partial charge in [-0.2, -0.15) is 0 Å². The number of piperazine rings is 1. The first kappa shape index (κ1) is 21.8.